The van der Waals surface area contributed by atoms with Crippen LogP contribution in [0.25, 0.3) is 0 Å². The van der Waals surface area contributed by atoms with E-state index in [-0.39, 0.29) is 6.04 Å². The molecule has 2 nitrogen and oxygen atoms in total. The summed E-state index contributed by atoms with van der Waals surface area (Å²) in [6.45, 7) is 11.0. The smallest absolute Gasteiger partial charge is 0.0772 e. The molecule has 2 N–H and O–H groups in total. The van der Waals surface area contributed by atoms with Crippen molar-refractivity contribution in [3.63, 3.8) is 0 Å². The predicted molar refractivity (Wildman–Crippen MR) is 64.8 cm³/mol. The summed E-state index contributed by atoms with van der Waals surface area (Å²) in [5.74, 6) is 1.46. The standard InChI is InChI=1S/C13H25NO/c1-5-8-14-12-9-11(10(2)3)6-7-13(12,4)15/h5,10-12,14-15H,1,6-9H2,2-4H3/t11-,12+,13+/m1/s1. The van der Waals surface area contributed by atoms with Gasteiger partial charge < -0.3 is 10.4 Å². The molecule has 0 amide bonds. The summed E-state index contributed by atoms with van der Waals surface area (Å²) in [7, 11) is 0. The lowest BCUT2D eigenvalue weighted by atomic mass is 9.72. The zero-order valence-corrected chi connectivity index (χ0v) is 10.3. The van der Waals surface area contributed by atoms with Crippen molar-refractivity contribution in [3.8, 4) is 0 Å². The molecule has 1 aliphatic carbocycles. The first-order valence-corrected chi connectivity index (χ1v) is 6.04. The molecule has 0 bridgehead atoms. The van der Waals surface area contributed by atoms with Crippen LogP contribution in [0.1, 0.15) is 40.0 Å². The molecule has 88 valence electrons. The number of nitrogens with one attached hydrogen (secondary N) is 1. The quantitative estimate of drug-likeness (QED) is 0.700. The number of aliphatic hydroxyl groups is 1. The lowest BCUT2D eigenvalue weighted by Crippen LogP contribution is -2.53. The van der Waals surface area contributed by atoms with Crippen molar-refractivity contribution < 1.29 is 5.11 Å². The lowest BCUT2D eigenvalue weighted by molar-refractivity contribution is -0.0291. The first-order valence-electron chi connectivity index (χ1n) is 6.04. The third-order valence-electron chi connectivity index (χ3n) is 3.76. The number of hydrogen-bond acceptors (Lipinski definition) is 2. The number of rotatable bonds is 4. The molecule has 0 aromatic carbocycles. The minimum atomic E-state index is -0.547. The van der Waals surface area contributed by atoms with Gasteiger partial charge in [0.05, 0.1) is 5.60 Å². The Morgan fingerprint density at radius 2 is 2.27 bits per heavy atom. The van der Waals surface area contributed by atoms with Gasteiger partial charge in [0.1, 0.15) is 0 Å². The molecule has 0 unspecified atom stereocenters. The summed E-state index contributed by atoms with van der Waals surface area (Å²) in [6, 6.07) is 0.219. The van der Waals surface area contributed by atoms with Crippen LogP contribution >= 0.6 is 0 Å². The van der Waals surface area contributed by atoms with Crippen LogP contribution in [0.4, 0.5) is 0 Å². The Bertz CT molecular complexity index is 211. The molecule has 0 spiro atoms. The third-order valence-corrected chi connectivity index (χ3v) is 3.76. The van der Waals surface area contributed by atoms with E-state index in [0.717, 1.165) is 31.7 Å². The van der Waals surface area contributed by atoms with Crippen LogP contribution in [0, 0.1) is 11.8 Å². The molecule has 0 aromatic rings. The highest BCUT2D eigenvalue weighted by molar-refractivity contribution is 4.95. The van der Waals surface area contributed by atoms with E-state index in [2.05, 4.69) is 25.7 Å². The molecule has 0 saturated heterocycles. The van der Waals surface area contributed by atoms with E-state index < -0.39 is 5.60 Å². The fourth-order valence-corrected chi connectivity index (χ4v) is 2.46. The summed E-state index contributed by atoms with van der Waals surface area (Å²) < 4.78 is 0. The summed E-state index contributed by atoms with van der Waals surface area (Å²) >= 11 is 0. The Hall–Kier alpha value is -0.340. The van der Waals surface area contributed by atoms with E-state index in [9.17, 15) is 5.11 Å². The summed E-state index contributed by atoms with van der Waals surface area (Å²) in [5.41, 5.74) is -0.547. The van der Waals surface area contributed by atoms with E-state index in [1.54, 1.807) is 0 Å². The van der Waals surface area contributed by atoms with Gasteiger partial charge in [-0.3, -0.25) is 0 Å². The molecular weight excluding hydrogens is 186 g/mol. The van der Waals surface area contributed by atoms with E-state index in [4.69, 9.17) is 0 Å². The summed E-state index contributed by atoms with van der Waals surface area (Å²) in [4.78, 5) is 0. The Kier molecular flexibility index (Phi) is 4.35. The van der Waals surface area contributed by atoms with E-state index in [1.807, 2.05) is 13.0 Å². The highest BCUT2D eigenvalue weighted by atomic mass is 16.3. The van der Waals surface area contributed by atoms with Crippen molar-refractivity contribution in [2.24, 2.45) is 11.8 Å². The Balaban J connectivity index is 2.57. The van der Waals surface area contributed by atoms with E-state index in [1.165, 1.54) is 0 Å². The molecule has 0 radical (unpaired) electrons. The van der Waals surface area contributed by atoms with Crippen LogP contribution in [0.2, 0.25) is 0 Å². The maximum atomic E-state index is 10.3. The van der Waals surface area contributed by atoms with Gasteiger partial charge in [0.15, 0.2) is 0 Å². The second kappa shape index (κ2) is 5.13. The molecular formula is C13H25NO. The van der Waals surface area contributed by atoms with Crippen molar-refractivity contribution in [3.05, 3.63) is 12.7 Å². The number of hydrogen-bond donors (Lipinski definition) is 2. The fourth-order valence-electron chi connectivity index (χ4n) is 2.46. The first kappa shape index (κ1) is 12.7. The molecule has 1 fully saturated rings. The SMILES string of the molecule is C=CCN[C@H]1C[C@H](C(C)C)CC[C@]1(C)O. The maximum Gasteiger partial charge on any atom is 0.0772 e. The molecule has 1 rings (SSSR count). The minimum absolute atomic E-state index is 0.219. The van der Waals surface area contributed by atoms with Gasteiger partial charge in [-0.1, -0.05) is 19.9 Å². The maximum absolute atomic E-state index is 10.3. The molecule has 1 aliphatic rings. The molecule has 0 aliphatic heterocycles. The normalized spacial score (nSPS) is 36.9. The van der Waals surface area contributed by atoms with Crippen molar-refractivity contribution in [2.45, 2.75) is 51.7 Å². The van der Waals surface area contributed by atoms with E-state index in [0.29, 0.717) is 5.92 Å². The van der Waals surface area contributed by atoms with Gasteiger partial charge in [0.2, 0.25) is 0 Å². The van der Waals surface area contributed by atoms with Crippen molar-refractivity contribution >= 4 is 0 Å². The fraction of sp³-hybridized carbons (Fsp3) is 0.846. The zero-order chi connectivity index (χ0) is 11.5. The van der Waals surface area contributed by atoms with Gasteiger partial charge >= 0.3 is 0 Å². The second-order valence-corrected chi connectivity index (χ2v) is 5.39. The first-order chi connectivity index (χ1) is 6.97. The van der Waals surface area contributed by atoms with Gasteiger partial charge in [0, 0.05) is 12.6 Å². The largest absolute Gasteiger partial charge is 0.389 e. The zero-order valence-electron chi connectivity index (χ0n) is 10.3. The van der Waals surface area contributed by atoms with Crippen LogP contribution in [0.5, 0.6) is 0 Å². The summed E-state index contributed by atoms with van der Waals surface area (Å²) in [5, 5.41) is 13.6. The molecule has 0 aromatic heterocycles. The average molecular weight is 211 g/mol. The van der Waals surface area contributed by atoms with Crippen LogP contribution in [0.15, 0.2) is 12.7 Å². The van der Waals surface area contributed by atoms with Gasteiger partial charge in [-0.15, -0.1) is 6.58 Å². The van der Waals surface area contributed by atoms with Crippen LogP contribution in [0.3, 0.4) is 0 Å². The van der Waals surface area contributed by atoms with Crippen LogP contribution in [-0.2, 0) is 0 Å². The van der Waals surface area contributed by atoms with Gasteiger partial charge in [-0.25, -0.2) is 0 Å². The van der Waals surface area contributed by atoms with E-state index >= 15 is 0 Å². The van der Waals surface area contributed by atoms with Crippen molar-refractivity contribution in [1.29, 1.82) is 0 Å². The second-order valence-electron chi connectivity index (χ2n) is 5.39. The average Bonchev–Trinajstić information content (AvgIpc) is 2.15. The molecule has 1 saturated carbocycles. The Morgan fingerprint density at radius 3 is 2.80 bits per heavy atom. The molecule has 2 heteroatoms. The highest BCUT2D eigenvalue weighted by Crippen LogP contribution is 2.35. The third kappa shape index (κ3) is 3.32. The van der Waals surface area contributed by atoms with Gasteiger partial charge in [-0.2, -0.15) is 0 Å². The predicted octanol–water partition coefficient (Wildman–Crippen LogP) is 2.34. The van der Waals surface area contributed by atoms with Gasteiger partial charge in [0.25, 0.3) is 0 Å². The van der Waals surface area contributed by atoms with Crippen molar-refractivity contribution in [2.75, 3.05) is 6.54 Å². The molecule has 3 atom stereocenters. The van der Waals surface area contributed by atoms with Crippen molar-refractivity contribution in [1.82, 2.24) is 5.32 Å². The monoisotopic (exact) mass is 211 g/mol. The van der Waals surface area contributed by atoms with Gasteiger partial charge in [-0.05, 0) is 38.0 Å². The topological polar surface area (TPSA) is 32.3 Å². The van der Waals surface area contributed by atoms with Crippen LogP contribution in [-0.4, -0.2) is 23.3 Å². The lowest BCUT2D eigenvalue weighted by Gasteiger charge is -2.42. The van der Waals surface area contributed by atoms with Crippen LogP contribution < -0.4 is 5.32 Å². The summed E-state index contributed by atoms with van der Waals surface area (Å²) in [6.07, 6.45) is 5.00. The highest BCUT2D eigenvalue weighted by Gasteiger charge is 2.38. The minimum Gasteiger partial charge on any atom is -0.389 e. The molecule has 15 heavy (non-hydrogen) atoms. The molecule has 0 heterocycles. The Labute approximate surface area is 93.8 Å². The Morgan fingerprint density at radius 1 is 1.60 bits per heavy atom.